The van der Waals surface area contributed by atoms with Crippen LogP contribution in [-0.4, -0.2) is 32.3 Å². The average molecular weight is 408 g/mol. The molecule has 0 aromatic heterocycles. The Morgan fingerprint density at radius 3 is 2.27 bits per heavy atom. The maximum Gasteiger partial charge on any atom is 0.352 e. The van der Waals surface area contributed by atoms with E-state index in [1.54, 1.807) is 0 Å². The fourth-order valence-corrected chi connectivity index (χ4v) is 3.24. The van der Waals surface area contributed by atoms with Crippen LogP contribution in [0, 0.1) is 0 Å². The van der Waals surface area contributed by atoms with Gasteiger partial charge in [0.05, 0.1) is 14.2 Å². The number of benzene rings is 3. The Hall–Kier alpha value is -3.54. The third-order valence-corrected chi connectivity index (χ3v) is 4.63. The van der Waals surface area contributed by atoms with Crippen molar-refractivity contribution in [3.8, 4) is 17.2 Å². The van der Waals surface area contributed by atoms with E-state index >= 15 is 0 Å². The molecule has 0 aliphatic heterocycles. The standard InChI is InChI=1S/C24H24O6/c1-15(29-16(2)25)24(26)30-22-20-13-18(12-17-8-6-5-7-9-17)10-11-19(20)14-21(27-3)23(22)28-4/h5-11,13-15H,12H2,1-4H3. The Bertz CT molecular complexity index is 1060. The van der Waals surface area contributed by atoms with E-state index in [1.807, 2.05) is 42.5 Å². The Morgan fingerprint density at radius 1 is 0.900 bits per heavy atom. The van der Waals surface area contributed by atoms with Crippen molar-refractivity contribution in [2.24, 2.45) is 0 Å². The summed E-state index contributed by atoms with van der Waals surface area (Å²) in [4.78, 5) is 23.7. The molecule has 0 radical (unpaired) electrons. The van der Waals surface area contributed by atoms with Gasteiger partial charge >= 0.3 is 11.9 Å². The lowest BCUT2D eigenvalue weighted by Gasteiger charge is -2.18. The fraction of sp³-hybridized carbons (Fsp3) is 0.250. The third-order valence-electron chi connectivity index (χ3n) is 4.63. The molecule has 0 spiro atoms. The number of carbonyl (C=O) groups is 2. The molecule has 30 heavy (non-hydrogen) atoms. The van der Waals surface area contributed by atoms with Crippen LogP contribution in [0.2, 0.25) is 0 Å². The second kappa shape index (κ2) is 9.31. The molecule has 0 aliphatic carbocycles. The van der Waals surface area contributed by atoms with Gasteiger partial charge in [-0.15, -0.1) is 0 Å². The lowest BCUT2D eigenvalue weighted by Crippen LogP contribution is -2.27. The number of fused-ring (bicyclic) bond motifs is 1. The first-order chi connectivity index (χ1) is 14.4. The summed E-state index contributed by atoms with van der Waals surface area (Å²) in [6, 6.07) is 17.8. The molecule has 156 valence electrons. The summed E-state index contributed by atoms with van der Waals surface area (Å²) in [6.45, 7) is 2.70. The third kappa shape index (κ3) is 4.71. The van der Waals surface area contributed by atoms with Gasteiger partial charge in [0.2, 0.25) is 5.75 Å². The Kier molecular flexibility index (Phi) is 6.57. The number of ether oxygens (including phenoxy) is 4. The predicted octanol–water partition coefficient (Wildman–Crippen LogP) is 4.30. The number of methoxy groups -OCH3 is 2. The molecule has 0 fully saturated rings. The molecule has 3 aromatic carbocycles. The van der Waals surface area contributed by atoms with Crippen molar-refractivity contribution in [2.75, 3.05) is 14.2 Å². The predicted molar refractivity (Wildman–Crippen MR) is 113 cm³/mol. The van der Waals surface area contributed by atoms with E-state index < -0.39 is 18.0 Å². The summed E-state index contributed by atoms with van der Waals surface area (Å²) in [5, 5.41) is 1.52. The molecule has 0 saturated carbocycles. The van der Waals surface area contributed by atoms with Gasteiger partial charge in [0.25, 0.3) is 0 Å². The number of hydrogen-bond donors (Lipinski definition) is 0. The van der Waals surface area contributed by atoms with Gasteiger partial charge in [-0.3, -0.25) is 4.79 Å². The molecule has 0 heterocycles. The number of esters is 2. The highest BCUT2D eigenvalue weighted by Gasteiger charge is 2.24. The number of hydrogen-bond acceptors (Lipinski definition) is 6. The second-order valence-electron chi connectivity index (χ2n) is 6.83. The van der Waals surface area contributed by atoms with Crippen molar-refractivity contribution in [1.29, 1.82) is 0 Å². The van der Waals surface area contributed by atoms with Crippen LogP contribution in [0.1, 0.15) is 25.0 Å². The number of carbonyl (C=O) groups excluding carboxylic acids is 2. The van der Waals surface area contributed by atoms with E-state index in [4.69, 9.17) is 18.9 Å². The summed E-state index contributed by atoms with van der Waals surface area (Å²) < 4.78 is 21.5. The maximum atomic E-state index is 12.5. The molecule has 0 N–H and O–H groups in total. The Balaban J connectivity index is 2.06. The van der Waals surface area contributed by atoms with E-state index in [2.05, 4.69) is 12.1 Å². The van der Waals surface area contributed by atoms with Crippen molar-refractivity contribution in [2.45, 2.75) is 26.4 Å². The first kappa shape index (κ1) is 21.2. The SMILES string of the molecule is COc1cc2ccc(Cc3ccccc3)cc2c(OC(=O)C(C)OC(C)=O)c1OC. The first-order valence-corrected chi connectivity index (χ1v) is 9.53. The van der Waals surface area contributed by atoms with E-state index in [9.17, 15) is 9.59 Å². The molecule has 6 nitrogen and oxygen atoms in total. The van der Waals surface area contributed by atoms with Crippen LogP contribution in [0.4, 0.5) is 0 Å². The fourth-order valence-electron chi connectivity index (χ4n) is 3.24. The van der Waals surface area contributed by atoms with Crippen LogP contribution in [-0.2, 0) is 20.7 Å². The van der Waals surface area contributed by atoms with Gasteiger partial charge in [-0.05, 0) is 42.0 Å². The van der Waals surface area contributed by atoms with Crippen LogP contribution < -0.4 is 14.2 Å². The molecule has 3 aromatic rings. The zero-order chi connectivity index (χ0) is 21.7. The summed E-state index contributed by atoms with van der Waals surface area (Å²) >= 11 is 0. The lowest BCUT2D eigenvalue weighted by atomic mass is 10.00. The molecule has 0 aliphatic rings. The van der Waals surface area contributed by atoms with Gasteiger partial charge in [-0.1, -0.05) is 42.5 Å². The topological polar surface area (TPSA) is 71.1 Å². The van der Waals surface area contributed by atoms with Crippen LogP contribution in [0.15, 0.2) is 54.6 Å². The van der Waals surface area contributed by atoms with Crippen molar-refractivity contribution >= 4 is 22.7 Å². The van der Waals surface area contributed by atoms with E-state index in [1.165, 1.54) is 33.6 Å². The van der Waals surface area contributed by atoms with Gasteiger partial charge in [0.15, 0.2) is 17.6 Å². The highest BCUT2D eigenvalue weighted by Crippen LogP contribution is 2.44. The maximum absolute atomic E-state index is 12.5. The largest absolute Gasteiger partial charge is 0.493 e. The minimum Gasteiger partial charge on any atom is -0.493 e. The molecular weight excluding hydrogens is 384 g/mol. The Morgan fingerprint density at radius 2 is 1.63 bits per heavy atom. The van der Waals surface area contributed by atoms with Gasteiger partial charge in [-0.2, -0.15) is 0 Å². The molecule has 1 atom stereocenters. The van der Waals surface area contributed by atoms with E-state index in [-0.39, 0.29) is 5.75 Å². The Labute approximate surface area is 175 Å². The van der Waals surface area contributed by atoms with Crippen molar-refractivity contribution in [3.63, 3.8) is 0 Å². The minimum absolute atomic E-state index is 0.228. The van der Waals surface area contributed by atoms with Gasteiger partial charge in [0, 0.05) is 12.3 Å². The molecular formula is C24H24O6. The molecule has 0 saturated heterocycles. The van der Waals surface area contributed by atoms with Crippen LogP contribution in [0.5, 0.6) is 17.2 Å². The van der Waals surface area contributed by atoms with Gasteiger partial charge in [0.1, 0.15) is 0 Å². The molecule has 0 bridgehead atoms. The zero-order valence-corrected chi connectivity index (χ0v) is 17.4. The average Bonchev–Trinajstić information content (AvgIpc) is 2.73. The monoisotopic (exact) mass is 408 g/mol. The van der Waals surface area contributed by atoms with Crippen LogP contribution in [0.25, 0.3) is 10.8 Å². The van der Waals surface area contributed by atoms with Gasteiger partial charge in [-0.25, -0.2) is 4.79 Å². The minimum atomic E-state index is -1.05. The normalized spacial score (nSPS) is 11.6. The van der Waals surface area contributed by atoms with Crippen molar-refractivity contribution in [1.82, 2.24) is 0 Å². The van der Waals surface area contributed by atoms with Gasteiger partial charge < -0.3 is 18.9 Å². The molecule has 6 heteroatoms. The summed E-state index contributed by atoms with van der Waals surface area (Å²) in [6.07, 6.45) is -0.330. The quantitative estimate of drug-likeness (QED) is 0.429. The van der Waals surface area contributed by atoms with Crippen LogP contribution >= 0.6 is 0 Å². The summed E-state index contributed by atoms with van der Waals surface area (Å²) in [5.74, 6) is -0.307. The first-order valence-electron chi connectivity index (χ1n) is 9.53. The van der Waals surface area contributed by atoms with Crippen LogP contribution in [0.3, 0.4) is 0 Å². The highest BCUT2D eigenvalue weighted by atomic mass is 16.6. The van der Waals surface area contributed by atoms with E-state index in [0.29, 0.717) is 16.9 Å². The van der Waals surface area contributed by atoms with E-state index in [0.717, 1.165) is 17.4 Å². The molecule has 3 rings (SSSR count). The zero-order valence-electron chi connectivity index (χ0n) is 17.4. The summed E-state index contributed by atoms with van der Waals surface area (Å²) in [7, 11) is 2.99. The summed E-state index contributed by atoms with van der Waals surface area (Å²) in [5.41, 5.74) is 2.21. The number of rotatable bonds is 7. The van der Waals surface area contributed by atoms with Crippen molar-refractivity contribution < 1.29 is 28.5 Å². The highest BCUT2D eigenvalue weighted by molar-refractivity contribution is 5.96. The smallest absolute Gasteiger partial charge is 0.352 e. The lowest BCUT2D eigenvalue weighted by molar-refractivity contribution is -0.159. The van der Waals surface area contributed by atoms with Crippen molar-refractivity contribution in [3.05, 3.63) is 65.7 Å². The molecule has 0 amide bonds. The second-order valence-corrected chi connectivity index (χ2v) is 6.83. The molecule has 1 unspecified atom stereocenters.